The quantitative estimate of drug-likeness (QED) is 0.545. The van der Waals surface area contributed by atoms with Crippen LogP contribution in [0.5, 0.6) is 0 Å². The number of hydrogen-bond donors (Lipinski definition) is 0. The molecular weight excluding hydrogens is 390 g/mol. The molecule has 0 aliphatic carbocycles. The van der Waals surface area contributed by atoms with Gasteiger partial charge in [0, 0.05) is 36.6 Å². The Morgan fingerprint density at radius 3 is 2.52 bits per heavy atom. The first kappa shape index (κ1) is 20.5. The highest BCUT2D eigenvalue weighted by atomic mass is 19.4. The average molecular weight is 407 g/mol. The van der Waals surface area contributed by atoms with E-state index in [-0.39, 0.29) is 19.5 Å². The van der Waals surface area contributed by atoms with Crippen LogP contribution >= 0.6 is 0 Å². The van der Waals surface area contributed by atoms with Crippen molar-refractivity contribution in [3.63, 3.8) is 0 Å². The first-order valence-corrected chi connectivity index (χ1v) is 8.79. The van der Waals surface area contributed by atoms with Crippen LogP contribution in [0.1, 0.15) is 17.5 Å². The van der Waals surface area contributed by atoms with E-state index in [1.165, 1.54) is 42.9 Å². The molecule has 1 amide bonds. The third-order valence-corrected chi connectivity index (χ3v) is 4.25. The van der Waals surface area contributed by atoms with Crippen molar-refractivity contribution in [1.29, 1.82) is 0 Å². The molecule has 2 aromatic heterocycles. The molecule has 0 radical (unpaired) electrons. The van der Waals surface area contributed by atoms with E-state index in [4.69, 9.17) is 4.52 Å². The van der Waals surface area contributed by atoms with Gasteiger partial charge in [-0.15, -0.1) is 0 Å². The van der Waals surface area contributed by atoms with Crippen molar-refractivity contribution in [3.05, 3.63) is 71.9 Å². The maximum absolute atomic E-state index is 13.1. The molecular formula is C20H17F4N3O2. The van der Waals surface area contributed by atoms with E-state index >= 15 is 0 Å². The van der Waals surface area contributed by atoms with E-state index in [0.29, 0.717) is 28.9 Å². The van der Waals surface area contributed by atoms with Crippen LogP contribution in [0, 0.1) is 5.82 Å². The van der Waals surface area contributed by atoms with Crippen molar-refractivity contribution in [2.45, 2.75) is 25.6 Å². The largest absolute Gasteiger partial charge is 0.471 e. The Bertz CT molecular complexity index is 940. The third kappa shape index (κ3) is 5.40. The van der Waals surface area contributed by atoms with E-state index in [9.17, 15) is 22.4 Å². The number of aromatic nitrogens is 2. The molecule has 3 aromatic rings. The lowest BCUT2D eigenvalue weighted by Gasteiger charge is -2.23. The second kappa shape index (κ2) is 8.85. The summed E-state index contributed by atoms with van der Waals surface area (Å²) in [6, 6.07) is 8.81. The summed E-state index contributed by atoms with van der Waals surface area (Å²) < 4.78 is 57.2. The van der Waals surface area contributed by atoms with Crippen LogP contribution in [0.3, 0.4) is 0 Å². The third-order valence-electron chi connectivity index (χ3n) is 4.25. The molecule has 0 bridgehead atoms. The Kier molecular flexibility index (Phi) is 6.26. The van der Waals surface area contributed by atoms with Gasteiger partial charge >= 0.3 is 12.1 Å². The fraction of sp³-hybridized carbons (Fsp3) is 0.250. The predicted octanol–water partition coefficient (Wildman–Crippen LogP) is 4.40. The van der Waals surface area contributed by atoms with Gasteiger partial charge in [-0.25, -0.2) is 4.39 Å². The fourth-order valence-electron chi connectivity index (χ4n) is 2.88. The molecule has 29 heavy (non-hydrogen) atoms. The Balaban J connectivity index is 1.68. The van der Waals surface area contributed by atoms with Gasteiger partial charge in [0.25, 0.3) is 0 Å². The van der Waals surface area contributed by atoms with E-state index in [1.807, 2.05) is 0 Å². The number of amides is 1. The molecule has 0 fully saturated rings. The normalized spacial score (nSPS) is 11.4. The molecule has 3 rings (SSSR count). The zero-order valence-electron chi connectivity index (χ0n) is 15.2. The number of carbonyl (C=O) groups excluding carboxylic acids is 1. The van der Waals surface area contributed by atoms with Gasteiger partial charge in [0.2, 0.25) is 0 Å². The Labute approximate surface area is 164 Å². The summed E-state index contributed by atoms with van der Waals surface area (Å²) in [5, 5.41) is 3.72. The van der Waals surface area contributed by atoms with Gasteiger partial charge in [-0.3, -0.25) is 9.78 Å². The molecule has 0 N–H and O–H groups in total. The van der Waals surface area contributed by atoms with Crippen molar-refractivity contribution in [2.75, 3.05) is 6.54 Å². The van der Waals surface area contributed by atoms with Crippen molar-refractivity contribution in [2.24, 2.45) is 0 Å². The van der Waals surface area contributed by atoms with Gasteiger partial charge in [-0.05, 0) is 48.7 Å². The smallest absolute Gasteiger partial charge is 0.356 e. The van der Waals surface area contributed by atoms with Gasteiger partial charge in [0.1, 0.15) is 5.82 Å². The predicted molar refractivity (Wildman–Crippen MR) is 95.9 cm³/mol. The molecule has 0 saturated heterocycles. The molecule has 0 atom stereocenters. The molecule has 152 valence electrons. The standard InChI is InChI=1S/C20H17F4N3O2/c21-17-7-5-15(6-8-17)18-16(12-26-29-18)4-2-10-27(19(28)20(22,23)24)13-14-3-1-9-25-11-14/h1,3,5-9,11-12H,2,4,10,13H2. The van der Waals surface area contributed by atoms with Crippen molar-refractivity contribution >= 4 is 5.91 Å². The summed E-state index contributed by atoms with van der Waals surface area (Å²) in [5.41, 5.74) is 1.77. The monoisotopic (exact) mass is 407 g/mol. The molecule has 0 aliphatic rings. The number of hydrogen-bond acceptors (Lipinski definition) is 4. The molecule has 0 aliphatic heterocycles. The van der Waals surface area contributed by atoms with Gasteiger partial charge in [-0.1, -0.05) is 11.2 Å². The minimum Gasteiger partial charge on any atom is -0.356 e. The van der Waals surface area contributed by atoms with E-state index in [0.717, 1.165) is 4.90 Å². The van der Waals surface area contributed by atoms with Crippen molar-refractivity contribution < 1.29 is 26.9 Å². The van der Waals surface area contributed by atoms with Crippen LogP contribution in [0.4, 0.5) is 17.6 Å². The van der Waals surface area contributed by atoms with E-state index < -0.39 is 17.9 Å². The topological polar surface area (TPSA) is 59.2 Å². The van der Waals surface area contributed by atoms with Crippen molar-refractivity contribution in [1.82, 2.24) is 15.0 Å². The molecule has 0 saturated carbocycles. The van der Waals surface area contributed by atoms with Crippen LogP contribution in [0.15, 0.2) is 59.5 Å². The molecule has 0 unspecified atom stereocenters. The number of alkyl halides is 3. The zero-order valence-corrected chi connectivity index (χ0v) is 15.2. The van der Waals surface area contributed by atoms with Crippen LogP contribution < -0.4 is 0 Å². The first-order chi connectivity index (χ1) is 13.8. The van der Waals surface area contributed by atoms with Gasteiger partial charge in [-0.2, -0.15) is 13.2 Å². The Hall–Kier alpha value is -3.23. The number of rotatable bonds is 7. The van der Waals surface area contributed by atoms with Gasteiger partial charge in [0.05, 0.1) is 6.20 Å². The van der Waals surface area contributed by atoms with Crippen LogP contribution in [-0.2, 0) is 17.8 Å². The number of halogens is 4. The number of pyridine rings is 1. The number of nitrogens with zero attached hydrogens (tertiary/aromatic N) is 3. The number of carbonyl (C=O) groups is 1. The lowest BCUT2D eigenvalue weighted by atomic mass is 10.1. The summed E-state index contributed by atoms with van der Waals surface area (Å²) in [6.07, 6.45) is 0.0301. The maximum Gasteiger partial charge on any atom is 0.471 e. The minimum atomic E-state index is -4.96. The van der Waals surface area contributed by atoms with Gasteiger partial charge < -0.3 is 9.42 Å². The second-order valence-corrected chi connectivity index (χ2v) is 6.38. The van der Waals surface area contributed by atoms with E-state index in [2.05, 4.69) is 10.1 Å². The van der Waals surface area contributed by atoms with Crippen molar-refractivity contribution in [3.8, 4) is 11.3 Å². The van der Waals surface area contributed by atoms with Gasteiger partial charge in [0.15, 0.2) is 5.76 Å². The SMILES string of the molecule is O=C(N(CCCc1cnoc1-c1ccc(F)cc1)Cc1cccnc1)C(F)(F)F. The number of benzene rings is 1. The first-order valence-electron chi connectivity index (χ1n) is 8.79. The molecule has 5 nitrogen and oxygen atoms in total. The summed E-state index contributed by atoms with van der Waals surface area (Å²) in [4.78, 5) is 16.4. The highest BCUT2D eigenvalue weighted by Gasteiger charge is 2.42. The average Bonchev–Trinajstić information content (AvgIpc) is 3.16. The highest BCUT2D eigenvalue weighted by Crippen LogP contribution is 2.25. The fourth-order valence-corrected chi connectivity index (χ4v) is 2.88. The second-order valence-electron chi connectivity index (χ2n) is 6.38. The lowest BCUT2D eigenvalue weighted by Crippen LogP contribution is -2.41. The molecule has 2 heterocycles. The highest BCUT2D eigenvalue weighted by molar-refractivity contribution is 5.81. The summed E-state index contributed by atoms with van der Waals surface area (Å²) in [6.45, 7) is -0.304. The minimum absolute atomic E-state index is 0.110. The Morgan fingerprint density at radius 2 is 1.86 bits per heavy atom. The Morgan fingerprint density at radius 1 is 1.10 bits per heavy atom. The lowest BCUT2D eigenvalue weighted by molar-refractivity contribution is -0.186. The van der Waals surface area contributed by atoms with Crippen LogP contribution in [0.25, 0.3) is 11.3 Å². The summed E-state index contributed by atoms with van der Waals surface area (Å²) in [5.74, 6) is -1.87. The van der Waals surface area contributed by atoms with Crippen LogP contribution in [0.2, 0.25) is 0 Å². The molecule has 0 spiro atoms. The summed E-state index contributed by atoms with van der Waals surface area (Å²) >= 11 is 0. The molecule has 1 aromatic carbocycles. The zero-order chi connectivity index (χ0) is 20.9. The summed E-state index contributed by atoms with van der Waals surface area (Å²) in [7, 11) is 0. The maximum atomic E-state index is 13.1. The molecule has 9 heteroatoms. The van der Waals surface area contributed by atoms with Crippen LogP contribution in [-0.4, -0.2) is 33.7 Å². The number of aryl methyl sites for hydroxylation is 1. The van der Waals surface area contributed by atoms with E-state index in [1.54, 1.807) is 12.1 Å².